The molecule has 11 heteroatoms. The smallest absolute Gasteiger partial charge is 0.408 e. The van der Waals surface area contributed by atoms with Gasteiger partial charge in [-0.15, -0.1) is 0 Å². The van der Waals surface area contributed by atoms with Gasteiger partial charge in [0.2, 0.25) is 11.8 Å². The first kappa shape index (κ1) is 32.3. The molecule has 2 aliphatic rings. The van der Waals surface area contributed by atoms with Crippen molar-refractivity contribution in [3.63, 3.8) is 0 Å². The number of carbonyl (C=O) groups is 4. The van der Waals surface area contributed by atoms with Crippen LogP contribution in [0.25, 0.3) is 0 Å². The van der Waals surface area contributed by atoms with Crippen LogP contribution < -0.4 is 15.7 Å². The van der Waals surface area contributed by atoms with E-state index in [1.165, 1.54) is 0 Å². The molecule has 1 saturated carbocycles. The van der Waals surface area contributed by atoms with Gasteiger partial charge in [0.05, 0.1) is 6.04 Å². The van der Waals surface area contributed by atoms with Gasteiger partial charge in [0, 0.05) is 6.54 Å². The zero-order valence-electron chi connectivity index (χ0n) is 24.3. The van der Waals surface area contributed by atoms with E-state index in [1.54, 1.807) is 25.7 Å². The number of alkyl carbamates (subject to hydrolysis) is 1. The second-order valence-corrected chi connectivity index (χ2v) is 13.6. The topological polar surface area (TPSA) is 137 Å². The van der Waals surface area contributed by atoms with Crippen molar-refractivity contribution in [1.82, 2.24) is 20.6 Å². The zero-order chi connectivity index (χ0) is 29.0. The van der Waals surface area contributed by atoms with E-state index in [9.17, 15) is 24.3 Å². The summed E-state index contributed by atoms with van der Waals surface area (Å²) in [7, 11) is 2.08. The van der Waals surface area contributed by atoms with E-state index in [4.69, 9.17) is 4.74 Å². The number of aliphatic hydroxyl groups is 1. The number of carbonyl (C=O) groups excluding carboxylic acids is 4. The zero-order valence-corrected chi connectivity index (χ0v) is 25.5. The summed E-state index contributed by atoms with van der Waals surface area (Å²) < 4.78 is 5.41. The minimum atomic E-state index is -1.40. The molecule has 10 nitrogen and oxygen atoms in total. The second-order valence-electron chi connectivity index (χ2n) is 13.3. The van der Waals surface area contributed by atoms with Gasteiger partial charge in [-0.2, -0.15) is 0 Å². The van der Waals surface area contributed by atoms with E-state index >= 15 is 0 Å². The number of nitrogens with one attached hydrogen (secondary N) is 3. The molecule has 0 aromatic carbocycles. The number of nitrogens with zero attached hydrogens (tertiary/aromatic N) is 1. The Hall–Kier alpha value is -1.93. The van der Waals surface area contributed by atoms with Gasteiger partial charge in [-0.1, -0.05) is 53.9 Å². The Balaban J connectivity index is 2.29. The third-order valence-corrected chi connectivity index (χ3v) is 7.85. The predicted octanol–water partition coefficient (Wildman–Crippen LogP) is 2.74. The largest absolute Gasteiger partial charge is 0.444 e. The van der Waals surface area contributed by atoms with Crippen LogP contribution in [0.15, 0.2) is 0 Å². The number of hydrogen-bond acceptors (Lipinski definition) is 6. The number of hydrogen-bond donors (Lipinski definition) is 4. The SMILES string of the molecule is CC(C)[C@@H]1C[C@@H](C(=O)NC(CC2CCC2)C(O)C(=O)NP)N(C(=O)[C@@H](NC(=O)OC(C)(C)C)C(C)(C)C)C1. The third-order valence-electron chi connectivity index (χ3n) is 7.57. The van der Waals surface area contributed by atoms with Crippen LogP contribution in [0.2, 0.25) is 0 Å². The van der Waals surface area contributed by atoms with E-state index in [0.29, 0.717) is 25.3 Å². The molecule has 1 saturated heterocycles. The summed E-state index contributed by atoms with van der Waals surface area (Å²) in [6.45, 7) is 15.3. The maximum atomic E-state index is 13.9. The monoisotopic (exact) mass is 556 g/mol. The van der Waals surface area contributed by atoms with Gasteiger partial charge in [0.25, 0.3) is 5.91 Å². The lowest BCUT2D eigenvalue weighted by Crippen LogP contribution is -2.59. The van der Waals surface area contributed by atoms with Crippen molar-refractivity contribution in [2.45, 2.75) is 117 Å². The van der Waals surface area contributed by atoms with Crippen molar-refractivity contribution in [3.05, 3.63) is 0 Å². The number of rotatable bonds is 9. The predicted molar refractivity (Wildman–Crippen MR) is 149 cm³/mol. The molecule has 3 unspecified atom stereocenters. The van der Waals surface area contributed by atoms with Gasteiger partial charge in [0.1, 0.15) is 17.7 Å². The van der Waals surface area contributed by atoms with Crippen molar-refractivity contribution < 1.29 is 29.0 Å². The highest BCUT2D eigenvalue weighted by Crippen LogP contribution is 2.34. The molecule has 1 heterocycles. The number of ether oxygens (including phenoxy) is 1. The molecule has 0 aromatic rings. The summed E-state index contributed by atoms with van der Waals surface area (Å²) in [5.41, 5.74) is -1.38. The lowest BCUT2D eigenvalue weighted by molar-refractivity contribution is -0.143. The summed E-state index contributed by atoms with van der Waals surface area (Å²) in [5.74, 6) is -0.693. The fraction of sp³-hybridized carbons (Fsp3) is 0.852. The fourth-order valence-corrected chi connectivity index (χ4v) is 5.16. The minimum Gasteiger partial charge on any atom is -0.444 e. The fourth-order valence-electron chi connectivity index (χ4n) is 4.98. The Bertz CT molecular complexity index is 865. The third kappa shape index (κ3) is 8.80. The van der Waals surface area contributed by atoms with Crippen molar-refractivity contribution in [3.8, 4) is 0 Å². The first-order valence-electron chi connectivity index (χ1n) is 13.7. The van der Waals surface area contributed by atoms with Crippen LogP contribution in [-0.4, -0.2) is 70.2 Å². The lowest BCUT2D eigenvalue weighted by atomic mass is 9.79. The average Bonchev–Trinajstić information content (AvgIpc) is 3.21. The van der Waals surface area contributed by atoms with Crippen LogP contribution in [0.1, 0.15) is 87.5 Å². The van der Waals surface area contributed by atoms with Crippen LogP contribution in [0.5, 0.6) is 0 Å². The van der Waals surface area contributed by atoms with Crippen molar-refractivity contribution in [1.29, 1.82) is 0 Å². The molecule has 0 aromatic heterocycles. The highest BCUT2D eigenvalue weighted by Gasteiger charge is 2.46. The standard InChI is InChI=1S/C27H49N4O6P/c1-15(2)17-13-19(22(33)28-18(12-16-10-9-11-16)20(32)23(34)30-38)31(14-17)24(35)21(26(3,4)5)29-25(36)37-27(6,7)8/h15-21,32H,9-14,38H2,1-8H3,(H,28,33)(H,29,36)(H,30,34)/t17-,18?,19+,20?,21-/m1/s1. The van der Waals surface area contributed by atoms with Crippen LogP contribution in [0.4, 0.5) is 4.79 Å². The molecule has 0 spiro atoms. The van der Waals surface area contributed by atoms with Crippen LogP contribution in [0, 0.1) is 23.2 Å². The van der Waals surface area contributed by atoms with E-state index in [2.05, 4.69) is 39.0 Å². The molecule has 2 fully saturated rings. The second kappa shape index (κ2) is 12.9. The van der Waals surface area contributed by atoms with Crippen molar-refractivity contribution in [2.75, 3.05) is 6.54 Å². The molecule has 0 radical (unpaired) electrons. The van der Waals surface area contributed by atoms with E-state index in [1.807, 2.05) is 20.8 Å². The van der Waals surface area contributed by atoms with Gasteiger partial charge in [-0.05, 0) is 66.2 Å². The Labute approximate surface area is 230 Å². The maximum absolute atomic E-state index is 13.9. The number of aliphatic hydroxyl groups excluding tert-OH is 1. The summed E-state index contributed by atoms with van der Waals surface area (Å²) >= 11 is 0. The molecule has 6 atom stereocenters. The normalized spacial score (nSPS) is 22.8. The number of likely N-dealkylation sites (tertiary alicyclic amines) is 1. The Morgan fingerprint density at radius 1 is 1.05 bits per heavy atom. The van der Waals surface area contributed by atoms with Gasteiger partial charge < -0.3 is 30.5 Å². The first-order chi connectivity index (χ1) is 17.4. The molecule has 218 valence electrons. The molecule has 4 amide bonds. The first-order valence-corrected chi connectivity index (χ1v) is 14.3. The maximum Gasteiger partial charge on any atom is 0.408 e. The van der Waals surface area contributed by atoms with E-state index in [0.717, 1.165) is 19.3 Å². The van der Waals surface area contributed by atoms with E-state index in [-0.39, 0.29) is 17.7 Å². The Kier molecular flexibility index (Phi) is 11.0. The molecule has 1 aliphatic carbocycles. The van der Waals surface area contributed by atoms with Gasteiger partial charge >= 0.3 is 6.09 Å². The summed E-state index contributed by atoms with van der Waals surface area (Å²) in [6.07, 6.45) is 1.93. The van der Waals surface area contributed by atoms with Crippen LogP contribution in [0.3, 0.4) is 0 Å². The molecule has 38 heavy (non-hydrogen) atoms. The summed E-state index contributed by atoms with van der Waals surface area (Å²) in [5, 5.41) is 18.7. The molecule has 2 rings (SSSR count). The highest BCUT2D eigenvalue weighted by atomic mass is 31.0. The Morgan fingerprint density at radius 2 is 1.66 bits per heavy atom. The van der Waals surface area contributed by atoms with Crippen LogP contribution >= 0.6 is 9.39 Å². The Morgan fingerprint density at radius 3 is 2.11 bits per heavy atom. The molecular weight excluding hydrogens is 507 g/mol. The van der Waals surface area contributed by atoms with Gasteiger partial charge in [-0.25, -0.2) is 4.79 Å². The quantitative estimate of drug-likeness (QED) is 0.323. The molecule has 4 N–H and O–H groups in total. The van der Waals surface area contributed by atoms with Crippen molar-refractivity contribution in [2.24, 2.45) is 23.2 Å². The average molecular weight is 557 g/mol. The van der Waals surface area contributed by atoms with Crippen molar-refractivity contribution >= 4 is 33.2 Å². The summed E-state index contributed by atoms with van der Waals surface area (Å²) in [4.78, 5) is 54.0. The highest BCUT2D eigenvalue weighted by molar-refractivity contribution is 7.15. The summed E-state index contributed by atoms with van der Waals surface area (Å²) in [6, 6.07) is -2.46. The van der Waals surface area contributed by atoms with Crippen LogP contribution in [-0.2, 0) is 19.1 Å². The lowest BCUT2D eigenvalue weighted by Gasteiger charge is -2.36. The molecule has 1 aliphatic heterocycles. The van der Waals surface area contributed by atoms with Gasteiger partial charge in [0.15, 0.2) is 6.10 Å². The van der Waals surface area contributed by atoms with E-state index < -0.39 is 53.2 Å². The van der Waals surface area contributed by atoms with Gasteiger partial charge in [-0.3, -0.25) is 14.4 Å². The minimum absolute atomic E-state index is 0.0854. The number of amides is 4. The molecule has 0 bridgehead atoms. The molecular formula is C27H49N4O6P.